The van der Waals surface area contributed by atoms with Gasteiger partial charge >= 0.3 is 11.9 Å². The molecule has 0 fully saturated rings. The molecule has 6 N–H and O–H groups in total. The van der Waals surface area contributed by atoms with Crippen molar-refractivity contribution in [2.75, 3.05) is 26.3 Å². The second kappa shape index (κ2) is 11.3. The van der Waals surface area contributed by atoms with E-state index in [-0.39, 0.29) is 31.2 Å². The van der Waals surface area contributed by atoms with E-state index in [9.17, 15) is 9.59 Å². The fourth-order valence-corrected chi connectivity index (χ4v) is 1.83. The molecule has 0 aromatic rings. The van der Waals surface area contributed by atoms with E-state index in [4.69, 9.17) is 20.7 Å². The van der Waals surface area contributed by atoms with Gasteiger partial charge in [-0.15, -0.1) is 0 Å². The average Bonchev–Trinajstić information content (AvgIpc) is 2.46. The lowest BCUT2D eigenvalue weighted by molar-refractivity contribution is -0.257. The van der Waals surface area contributed by atoms with Crippen molar-refractivity contribution in [2.45, 2.75) is 38.8 Å². The van der Waals surface area contributed by atoms with Crippen molar-refractivity contribution in [1.29, 1.82) is 0 Å². The molecule has 0 aromatic heterocycles. The van der Waals surface area contributed by atoms with Gasteiger partial charge in [-0.25, -0.2) is 9.78 Å². The van der Waals surface area contributed by atoms with Crippen LogP contribution in [-0.4, -0.2) is 71.1 Å². The molecule has 2 atom stereocenters. The minimum absolute atomic E-state index is 0.00360. The summed E-state index contributed by atoms with van der Waals surface area (Å²) < 4.78 is 0. The van der Waals surface area contributed by atoms with Gasteiger partial charge in [0.15, 0.2) is 0 Å². The van der Waals surface area contributed by atoms with Gasteiger partial charge in [-0.1, -0.05) is 13.8 Å². The predicted molar refractivity (Wildman–Crippen MR) is 79.0 cm³/mol. The van der Waals surface area contributed by atoms with Gasteiger partial charge in [-0.3, -0.25) is 20.1 Å². The Hall–Kier alpha value is -1.30. The Kier molecular flexibility index (Phi) is 10.6. The Balaban J connectivity index is 4.37. The van der Waals surface area contributed by atoms with Crippen LogP contribution in [0.1, 0.15) is 26.7 Å². The van der Waals surface area contributed by atoms with Gasteiger partial charge in [0.1, 0.15) is 6.04 Å². The molecule has 10 heteroatoms. The van der Waals surface area contributed by atoms with Crippen LogP contribution < -0.4 is 10.6 Å². The second-order valence-electron chi connectivity index (χ2n) is 6.03. The third kappa shape index (κ3) is 11.0. The molecule has 136 valence electrons. The Bertz CT molecular complexity index is 364. The van der Waals surface area contributed by atoms with Gasteiger partial charge < -0.3 is 20.8 Å². The molecule has 0 aliphatic rings. The van der Waals surface area contributed by atoms with Crippen LogP contribution in [0.15, 0.2) is 0 Å². The number of carbonyl (C=O) groups is 2. The number of hydrogen-bond donors (Lipinski definition) is 6. The lowest BCUT2D eigenvalue weighted by Gasteiger charge is -2.29. The molecule has 2 unspecified atom stereocenters. The first-order valence-electron chi connectivity index (χ1n) is 7.16. The zero-order chi connectivity index (χ0) is 17.9. The van der Waals surface area contributed by atoms with Crippen molar-refractivity contribution < 1.29 is 40.1 Å². The van der Waals surface area contributed by atoms with Crippen LogP contribution in [0.4, 0.5) is 0 Å². The maximum Gasteiger partial charge on any atom is 0.321 e. The monoisotopic (exact) mass is 338 g/mol. The van der Waals surface area contributed by atoms with Crippen LogP contribution in [-0.2, 0) is 19.4 Å². The van der Waals surface area contributed by atoms with Gasteiger partial charge in [-0.05, 0) is 11.8 Å². The van der Waals surface area contributed by atoms with Crippen LogP contribution in [0.5, 0.6) is 0 Å². The summed E-state index contributed by atoms with van der Waals surface area (Å²) in [5, 5.41) is 40.4. The minimum Gasteiger partial charge on any atom is -0.481 e. The van der Waals surface area contributed by atoms with Crippen molar-refractivity contribution in [2.24, 2.45) is 5.41 Å². The molecule has 0 radical (unpaired) electrons. The third-order valence-corrected chi connectivity index (χ3v) is 3.21. The molecule has 23 heavy (non-hydrogen) atoms. The van der Waals surface area contributed by atoms with E-state index in [0.29, 0.717) is 13.0 Å². The van der Waals surface area contributed by atoms with E-state index >= 15 is 0 Å². The summed E-state index contributed by atoms with van der Waals surface area (Å²) in [5.74, 6) is -2.41. The molecular weight excluding hydrogens is 312 g/mol. The number of carboxylic acid groups (broad SMARTS) is 2. The molecule has 0 rings (SSSR count). The van der Waals surface area contributed by atoms with E-state index in [2.05, 4.69) is 20.4 Å². The molecule has 0 aliphatic heterocycles. The number of nitrogens with one attached hydrogen (secondary N) is 2. The van der Waals surface area contributed by atoms with E-state index in [1.165, 1.54) is 0 Å². The van der Waals surface area contributed by atoms with Gasteiger partial charge in [0, 0.05) is 19.1 Å². The van der Waals surface area contributed by atoms with Gasteiger partial charge in [0.25, 0.3) is 0 Å². The summed E-state index contributed by atoms with van der Waals surface area (Å²) in [4.78, 5) is 29.7. The number of rotatable bonds is 14. The highest BCUT2D eigenvalue weighted by Crippen LogP contribution is 2.13. The maximum absolute atomic E-state index is 11.0. The first kappa shape index (κ1) is 21.7. The van der Waals surface area contributed by atoms with Crippen LogP contribution in [0, 0.1) is 5.41 Å². The Morgan fingerprint density at radius 2 is 1.70 bits per heavy atom. The number of aliphatic carboxylic acids is 2. The number of hydrogen-bond acceptors (Lipinski definition) is 8. The minimum atomic E-state index is -1.22. The first-order valence-corrected chi connectivity index (χ1v) is 7.16. The highest BCUT2D eigenvalue weighted by molar-refractivity contribution is 5.80. The summed E-state index contributed by atoms with van der Waals surface area (Å²) in [6.07, 6.45) is -0.106. The van der Waals surface area contributed by atoms with Crippen molar-refractivity contribution in [3.63, 3.8) is 0 Å². The van der Waals surface area contributed by atoms with Crippen LogP contribution in [0.2, 0.25) is 0 Å². The normalized spacial score (nSPS) is 14.4. The van der Waals surface area contributed by atoms with Gasteiger partial charge in [-0.2, -0.15) is 0 Å². The van der Waals surface area contributed by atoms with Crippen molar-refractivity contribution in [1.82, 2.24) is 10.6 Å². The summed E-state index contributed by atoms with van der Waals surface area (Å²) in [6, 6.07) is -1.42. The Morgan fingerprint density at radius 1 is 1.09 bits per heavy atom. The first-order chi connectivity index (χ1) is 10.7. The zero-order valence-electron chi connectivity index (χ0n) is 13.3. The average molecular weight is 338 g/mol. The largest absolute Gasteiger partial charge is 0.481 e. The summed E-state index contributed by atoms with van der Waals surface area (Å²) in [7, 11) is 0. The second-order valence-corrected chi connectivity index (χ2v) is 6.03. The van der Waals surface area contributed by atoms with Gasteiger partial charge in [0.2, 0.25) is 0 Å². The van der Waals surface area contributed by atoms with E-state index in [1.807, 2.05) is 13.8 Å². The number of carboxylic acids is 2. The molecule has 10 nitrogen and oxygen atoms in total. The molecule has 0 saturated heterocycles. The smallest absolute Gasteiger partial charge is 0.321 e. The molecule has 0 amide bonds. The summed E-state index contributed by atoms with van der Waals surface area (Å²) in [5.41, 5.74) is -0.389. The lowest BCUT2D eigenvalue weighted by atomic mass is 9.92. The van der Waals surface area contributed by atoms with Crippen LogP contribution >= 0.6 is 0 Å². The molecule has 0 spiro atoms. The standard InChI is InChI=1S/C13H26N2O8/c1-13(2,7-14-9(6-23-21)3-4-22-20)8-15-10(12(18)19)5-11(16)17/h9-10,14-15,20-21H,3-8H2,1-2H3,(H,16,17)(H,18,19). The molecule has 0 saturated carbocycles. The third-order valence-electron chi connectivity index (χ3n) is 3.21. The molecule has 0 heterocycles. The van der Waals surface area contributed by atoms with E-state index in [1.54, 1.807) is 0 Å². The highest BCUT2D eigenvalue weighted by Gasteiger charge is 2.25. The maximum atomic E-state index is 11.0. The molecule has 0 aliphatic carbocycles. The van der Waals surface area contributed by atoms with E-state index in [0.717, 1.165) is 0 Å². The molecular formula is C13H26N2O8. The van der Waals surface area contributed by atoms with Crippen molar-refractivity contribution in [3.05, 3.63) is 0 Å². The SMILES string of the molecule is CC(C)(CNC(CCOO)COO)CNC(CC(=O)O)C(=O)O. The lowest BCUT2D eigenvalue weighted by Crippen LogP contribution is -2.48. The Labute approximate surface area is 134 Å². The quantitative estimate of drug-likeness (QED) is 0.186. The predicted octanol–water partition coefficient (Wildman–Crippen LogP) is -0.142. The fraction of sp³-hybridized carbons (Fsp3) is 0.846. The van der Waals surface area contributed by atoms with E-state index < -0.39 is 24.4 Å². The van der Waals surface area contributed by atoms with Crippen LogP contribution in [0.25, 0.3) is 0 Å². The zero-order valence-corrected chi connectivity index (χ0v) is 13.3. The molecule has 0 aromatic carbocycles. The summed E-state index contributed by atoms with van der Waals surface area (Å²) >= 11 is 0. The van der Waals surface area contributed by atoms with Crippen molar-refractivity contribution in [3.8, 4) is 0 Å². The van der Waals surface area contributed by atoms with Crippen molar-refractivity contribution >= 4 is 11.9 Å². The summed E-state index contributed by atoms with van der Waals surface area (Å²) in [6.45, 7) is 4.52. The van der Waals surface area contributed by atoms with Gasteiger partial charge in [0.05, 0.1) is 19.6 Å². The Morgan fingerprint density at radius 3 is 2.17 bits per heavy atom. The highest BCUT2D eigenvalue weighted by atomic mass is 17.1. The topological polar surface area (TPSA) is 158 Å². The van der Waals surface area contributed by atoms with Crippen LogP contribution in [0.3, 0.4) is 0 Å². The fourth-order valence-electron chi connectivity index (χ4n) is 1.83. The molecule has 0 bridgehead atoms.